The van der Waals surface area contributed by atoms with Crippen molar-refractivity contribution in [2.24, 2.45) is 0 Å². The molecule has 0 aromatic heterocycles. The molecule has 0 unspecified atom stereocenters. The fraction of sp³-hybridized carbons (Fsp3) is 0.133. The average Bonchev–Trinajstić information content (AvgIpc) is 2.54. The van der Waals surface area contributed by atoms with Gasteiger partial charge in [0.1, 0.15) is 0 Å². The predicted octanol–water partition coefficient (Wildman–Crippen LogP) is 4.90. The van der Waals surface area contributed by atoms with Crippen LogP contribution in [0, 0.1) is 10.1 Å². The van der Waals surface area contributed by atoms with Gasteiger partial charge < -0.3 is 5.11 Å². The van der Waals surface area contributed by atoms with Gasteiger partial charge in [-0.15, -0.1) is 0 Å². The molecule has 6 nitrogen and oxygen atoms in total. The Kier molecular flexibility index (Phi) is 5.89. The van der Waals surface area contributed by atoms with Crippen LogP contribution in [0.1, 0.15) is 6.92 Å². The monoisotopic (exact) mass is 350 g/mol. The number of hydrogen-bond donors (Lipinski definition) is 1. The molecule has 2 aromatic carbocycles. The van der Waals surface area contributed by atoms with Gasteiger partial charge >= 0.3 is 6.09 Å². The molecule has 1 N–H and O–H groups in total. The first-order valence-electron chi connectivity index (χ1n) is 6.72. The summed E-state index contributed by atoms with van der Waals surface area (Å²) in [6.45, 7) is 2.08. The van der Waals surface area contributed by atoms with Crippen LogP contribution in [0.5, 0.6) is 0 Å². The van der Waals surface area contributed by atoms with E-state index in [1.807, 2.05) is 6.07 Å². The third kappa shape index (κ3) is 4.17. The van der Waals surface area contributed by atoms with Crippen LogP contribution in [0.4, 0.5) is 16.2 Å². The lowest BCUT2D eigenvalue weighted by atomic mass is 10.3. The van der Waals surface area contributed by atoms with Crippen molar-refractivity contribution < 1.29 is 14.8 Å². The quantitative estimate of drug-likeness (QED) is 0.453. The molecule has 0 fully saturated rings. The lowest BCUT2D eigenvalue weighted by Gasteiger charge is -2.19. The Labute approximate surface area is 141 Å². The molecule has 0 radical (unpaired) electrons. The number of anilines is 1. The molecule has 0 aliphatic carbocycles. The second-order valence-corrected chi connectivity index (χ2v) is 6.60. The zero-order valence-electron chi connectivity index (χ0n) is 12.2. The number of rotatable bonds is 6. The first kappa shape index (κ1) is 17.2. The van der Waals surface area contributed by atoms with E-state index in [0.29, 0.717) is 17.1 Å². The summed E-state index contributed by atoms with van der Waals surface area (Å²) in [4.78, 5) is 24.4. The third-order valence-corrected chi connectivity index (χ3v) is 5.45. The highest BCUT2D eigenvalue weighted by molar-refractivity contribution is 8.76. The number of benzene rings is 2. The Balaban J connectivity index is 2.25. The van der Waals surface area contributed by atoms with Gasteiger partial charge in [-0.2, -0.15) is 0 Å². The highest BCUT2D eigenvalue weighted by Gasteiger charge is 2.18. The van der Waals surface area contributed by atoms with Crippen LogP contribution in [0.3, 0.4) is 0 Å². The maximum Gasteiger partial charge on any atom is 0.411 e. The summed E-state index contributed by atoms with van der Waals surface area (Å²) in [5.74, 6) is 0. The summed E-state index contributed by atoms with van der Waals surface area (Å²) in [7, 11) is 2.54. The highest BCUT2D eigenvalue weighted by atomic mass is 33.1. The number of nitrogens with zero attached hydrogens (tertiary/aromatic N) is 2. The number of para-hydroxylation sites is 2. The van der Waals surface area contributed by atoms with Crippen molar-refractivity contribution in [3.05, 3.63) is 58.6 Å². The number of carbonyl (C=O) groups is 1. The SMILES string of the molecule is CCN(C(=O)O)c1ccccc1SSc1ccccc1[N+](=O)[O-]. The fourth-order valence-electron chi connectivity index (χ4n) is 1.93. The van der Waals surface area contributed by atoms with E-state index < -0.39 is 11.0 Å². The Morgan fingerprint density at radius 2 is 1.70 bits per heavy atom. The first-order chi connectivity index (χ1) is 11.0. The molecule has 120 valence electrons. The smallest absolute Gasteiger partial charge is 0.411 e. The number of amides is 1. The van der Waals surface area contributed by atoms with Crippen LogP contribution in [0.2, 0.25) is 0 Å². The van der Waals surface area contributed by atoms with Crippen LogP contribution in [0.15, 0.2) is 58.3 Å². The lowest BCUT2D eigenvalue weighted by Crippen LogP contribution is -2.29. The maximum absolute atomic E-state index is 11.3. The van der Waals surface area contributed by atoms with Crippen molar-refractivity contribution in [1.82, 2.24) is 0 Å². The van der Waals surface area contributed by atoms with Crippen molar-refractivity contribution in [3.8, 4) is 0 Å². The van der Waals surface area contributed by atoms with E-state index in [2.05, 4.69) is 0 Å². The average molecular weight is 350 g/mol. The Bertz CT molecular complexity index is 724. The molecule has 0 bridgehead atoms. The Morgan fingerprint density at radius 1 is 1.13 bits per heavy atom. The first-order valence-corrected chi connectivity index (χ1v) is 8.87. The molecule has 23 heavy (non-hydrogen) atoms. The summed E-state index contributed by atoms with van der Waals surface area (Å²) >= 11 is 0. The number of nitro groups is 1. The van der Waals surface area contributed by atoms with Crippen LogP contribution in [-0.2, 0) is 0 Å². The number of hydrogen-bond acceptors (Lipinski definition) is 5. The third-order valence-electron chi connectivity index (χ3n) is 2.99. The summed E-state index contributed by atoms with van der Waals surface area (Å²) < 4.78 is 0. The van der Waals surface area contributed by atoms with Crippen molar-refractivity contribution in [2.45, 2.75) is 16.7 Å². The van der Waals surface area contributed by atoms with E-state index in [-0.39, 0.29) is 5.69 Å². The molecule has 0 saturated heterocycles. The van der Waals surface area contributed by atoms with Crippen LogP contribution in [0.25, 0.3) is 0 Å². The minimum atomic E-state index is -1.03. The zero-order valence-corrected chi connectivity index (χ0v) is 13.8. The highest BCUT2D eigenvalue weighted by Crippen LogP contribution is 2.44. The lowest BCUT2D eigenvalue weighted by molar-refractivity contribution is -0.387. The Morgan fingerprint density at radius 3 is 2.30 bits per heavy atom. The van der Waals surface area contributed by atoms with E-state index >= 15 is 0 Å². The van der Waals surface area contributed by atoms with E-state index in [1.54, 1.807) is 43.3 Å². The molecule has 0 spiro atoms. The zero-order chi connectivity index (χ0) is 16.8. The van der Waals surface area contributed by atoms with Crippen molar-refractivity contribution in [2.75, 3.05) is 11.4 Å². The molecule has 0 atom stereocenters. The van der Waals surface area contributed by atoms with E-state index in [4.69, 9.17) is 0 Å². The van der Waals surface area contributed by atoms with Gasteiger partial charge in [-0.3, -0.25) is 15.0 Å². The van der Waals surface area contributed by atoms with Crippen molar-refractivity contribution >= 4 is 39.1 Å². The molecule has 1 amide bonds. The van der Waals surface area contributed by atoms with Gasteiger partial charge in [-0.1, -0.05) is 35.1 Å². The van der Waals surface area contributed by atoms with Gasteiger partial charge in [0, 0.05) is 17.5 Å². The molecule has 0 heterocycles. The minimum Gasteiger partial charge on any atom is -0.465 e. The van der Waals surface area contributed by atoms with Crippen molar-refractivity contribution in [1.29, 1.82) is 0 Å². The van der Waals surface area contributed by atoms with Gasteiger partial charge in [-0.05, 0) is 35.9 Å². The van der Waals surface area contributed by atoms with E-state index in [9.17, 15) is 20.0 Å². The van der Waals surface area contributed by atoms with E-state index in [0.717, 1.165) is 4.90 Å². The molecule has 8 heteroatoms. The topological polar surface area (TPSA) is 83.7 Å². The molecular weight excluding hydrogens is 336 g/mol. The number of carboxylic acid groups (broad SMARTS) is 1. The normalized spacial score (nSPS) is 10.3. The molecule has 2 aromatic rings. The van der Waals surface area contributed by atoms with Crippen LogP contribution in [-0.4, -0.2) is 22.7 Å². The summed E-state index contributed by atoms with van der Waals surface area (Å²) in [6.07, 6.45) is -1.03. The maximum atomic E-state index is 11.3. The summed E-state index contributed by atoms with van der Waals surface area (Å²) in [6, 6.07) is 13.6. The van der Waals surface area contributed by atoms with Gasteiger partial charge in [0.15, 0.2) is 0 Å². The van der Waals surface area contributed by atoms with Gasteiger partial charge in [0.2, 0.25) is 0 Å². The molecule has 0 aliphatic rings. The largest absolute Gasteiger partial charge is 0.465 e. The standard InChI is InChI=1S/C15H14N2O4S2/c1-2-16(15(18)19)11-7-3-5-9-13(11)22-23-14-10-6-4-8-12(14)17(20)21/h3-10H,2H2,1H3,(H,18,19). The molecule has 2 rings (SSSR count). The second kappa shape index (κ2) is 7.89. The van der Waals surface area contributed by atoms with Gasteiger partial charge in [0.25, 0.3) is 5.69 Å². The molecular formula is C15H14N2O4S2. The second-order valence-electron chi connectivity index (χ2n) is 4.39. The minimum absolute atomic E-state index is 0.0352. The van der Waals surface area contributed by atoms with Crippen LogP contribution < -0.4 is 4.90 Å². The summed E-state index contributed by atoms with van der Waals surface area (Å²) in [5, 5.41) is 20.3. The van der Waals surface area contributed by atoms with Gasteiger partial charge in [0.05, 0.1) is 15.5 Å². The Hall–Kier alpha value is -2.19. The summed E-state index contributed by atoms with van der Waals surface area (Å²) in [5.41, 5.74) is 0.603. The molecule has 0 saturated carbocycles. The molecule has 0 aliphatic heterocycles. The fourth-order valence-corrected chi connectivity index (χ4v) is 4.25. The van der Waals surface area contributed by atoms with Gasteiger partial charge in [-0.25, -0.2) is 4.79 Å². The van der Waals surface area contributed by atoms with E-state index in [1.165, 1.54) is 32.6 Å². The van der Waals surface area contributed by atoms with Crippen molar-refractivity contribution in [3.63, 3.8) is 0 Å². The number of nitro benzene ring substituents is 1. The van der Waals surface area contributed by atoms with Crippen LogP contribution >= 0.6 is 21.6 Å². The predicted molar refractivity (Wildman–Crippen MR) is 92.3 cm³/mol.